The van der Waals surface area contributed by atoms with E-state index >= 15 is 0 Å². The van der Waals surface area contributed by atoms with Crippen LogP contribution in [0.25, 0.3) is 0 Å². The zero-order chi connectivity index (χ0) is 13.1. The van der Waals surface area contributed by atoms with Gasteiger partial charge in [0.05, 0.1) is 0 Å². The molecule has 1 saturated heterocycles. The second kappa shape index (κ2) is 6.05. The van der Waals surface area contributed by atoms with E-state index < -0.39 is 0 Å². The van der Waals surface area contributed by atoms with Crippen LogP contribution in [0, 0.1) is 11.8 Å². The molecular weight excluding hydrogens is 224 g/mol. The largest absolute Gasteiger partial charge is 0.340 e. The molecule has 4 atom stereocenters. The molecule has 1 saturated carbocycles. The smallest absolute Gasteiger partial charge is 0.225 e. The normalized spacial score (nSPS) is 35.3. The number of hydrogen-bond donors (Lipinski definition) is 1. The van der Waals surface area contributed by atoms with Gasteiger partial charge in [-0.2, -0.15) is 0 Å². The third-order valence-electron chi connectivity index (χ3n) is 4.94. The molecule has 2 rings (SSSR count). The van der Waals surface area contributed by atoms with E-state index in [9.17, 15) is 4.79 Å². The number of carbonyl (C=O) groups is 1. The molecule has 0 aromatic heterocycles. The summed E-state index contributed by atoms with van der Waals surface area (Å²) in [5, 5.41) is 0. The highest BCUT2D eigenvalue weighted by molar-refractivity contribution is 5.79. The molecule has 4 unspecified atom stereocenters. The number of rotatable bonds is 2. The molecule has 2 N–H and O–H groups in total. The van der Waals surface area contributed by atoms with Gasteiger partial charge in [0.2, 0.25) is 5.91 Å². The molecule has 104 valence electrons. The van der Waals surface area contributed by atoms with Gasteiger partial charge in [-0.15, -0.1) is 0 Å². The van der Waals surface area contributed by atoms with Crippen LogP contribution in [-0.2, 0) is 4.79 Å². The highest BCUT2D eigenvalue weighted by Gasteiger charge is 2.33. The van der Waals surface area contributed by atoms with Crippen molar-refractivity contribution in [3.05, 3.63) is 0 Å². The predicted octanol–water partition coefficient (Wildman–Crippen LogP) is 2.54. The lowest BCUT2D eigenvalue weighted by Gasteiger charge is -2.38. The number of nitrogens with two attached hydrogens (primary N) is 1. The van der Waals surface area contributed by atoms with Gasteiger partial charge in [-0.1, -0.05) is 13.3 Å². The fourth-order valence-corrected chi connectivity index (χ4v) is 3.61. The topological polar surface area (TPSA) is 46.3 Å². The molecule has 2 fully saturated rings. The van der Waals surface area contributed by atoms with Crippen LogP contribution in [0.5, 0.6) is 0 Å². The van der Waals surface area contributed by atoms with E-state index in [1.807, 2.05) is 0 Å². The van der Waals surface area contributed by atoms with Crippen LogP contribution in [0.3, 0.4) is 0 Å². The molecule has 1 aliphatic heterocycles. The maximum absolute atomic E-state index is 12.6. The minimum absolute atomic E-state index is 0.164. The van der Waals surface area contributed by atoms with Crippen molar-refractivity contribution in [3.8, 4) is 0 Å². The number of piperidine rings is 1. The van der Waals surface area contributed by atoms with Gasteiger partial charge in [-0.05, 0) is 51.4 Å². The fraction of sp³-hybridized carbons (Fsp3) is 0.933. The average Bonchev–Trinajstić information content (AvgIpc) is 2.37. The molecule has 0 aromatic carbocycles. The quantitative estimate of drug-likeness (QED) is 0.821. The van der Waals surface area contributed by atoms with Crippen molar-refractivity contribution in [3.63, 3.8) is 0 Å². The summed E-state index contributed by atoms with van der Waals surface area (Å²) >= 11 is 0. The third-order valence-corrected chi connectivity index (χ3v) is 4.94. The van der Waals surface area contributed by atoms with Crippen LogP contribution in [0.15, 0.2) is 0 Å². The molecule has 0 aromatic rings. The standard InChI is InChI=1S/C15H28N2O/c1-11-6-3-4-9-17(11)15(18)12(2)13-7-5-8-14(16)10-13/h11-14H,3-10,16H2,1-2H3. The van der Waals surface area contributed by atoms with Crippen LogP contribution in [-0.4, -0.2) is 29.4 Å². The minimum atomic E-state index is 0.164. The summed E-state index contributed by atoms with van der Waals surface area (Å²) in [6, 6.07) is 0.753. The first kappa shape index (κ1) is 13.9. The number of hydrogen-bond acceptors (Lipinski definition) is 2. The van der Waals surface area contributed by atoms with Crippen LogP contribution in [0.4, 0.5) is 0 Å². The first-order valence-electron chi connectivity index (χ1n) is 7.65. The van der Waals surface area contributed by atoms with Gasteiger partial charge < -0.3 is 10.6 Å². The lowest BCUT2D eigenvalue weighted by Crippen LogP contribution is -2.47. The molecule has 1 amide bonds. The molecule has 2 aliphatic rings. The molecule has 0 radical (unpaired) electrons. The van der Waals surface area contributed by atoms with Gasteiger partial charge in [0.25, 0.3) is 0 Å². The van der Waals surface area contributed by atoms with E-state index in [0.29, 0.717) is 23.9 Å². The van der Waals surface area contributed by atoms with E-state index in [1.165, 1.54) is 32.1 Å². The van der Waals surface area contributed by atoms with Crippen molar-refractivity contribution in [1.29, 1.82) is 0 Å². The monoisotopic (exact) mass is 252 g/mol. The van der Waals surface area contributed by atoms with Gasteiger partial charge in [0.15, 0.2) is 0 Å². The van der Waals surface area contributed by atoms with Gasteiger partial charge >= 0.3 is 0 Å². The molecule has 3 heteroatoms. The van der Waals surface area contributed by atoms with Crippen molar-refractivity contribution in [2.24, 2.45) is 17.6 Å². The third kappa shape index (κ3) is 3.05. The molecule has 1 heterocycles. The van der Waals surface area contributed by atoms with Gasteiger partial charge in [-0.3, -0.25) is 4.79 Å². The predicted molar refractivity (Wildman–Crippen MR) is 74.1 cm³/mol. The van der Waals surface area contributed by atoms with E-state index in [2.05, 4.69) is 18.7 Å². The number of amides is 1. The van der Waals surface area contributed by atoms with Crippen molar-refractivity contribution in [2.75, 3.05) is 6.54 Å². The average molecular weight is 252 g/mol. The summed E-state index contributed by atoms with van der Waals surface area (Å²) in [4.78, 5) is 14.7. The Morgan fingerprint density at radius 2 is 2.00 bits per heavy atom. The molecule has 18 heavy (non-hydrogen) atoms. The SMILES string of the molecule is CC(C(=O)N1CCCCC1C)C1CCCC(N)C1. The Labute approximate surface area is 111 Å². The first-order valence-corrected chi connectivity index (χ1v) is 7.65. The summed E-state index contributed by atoms with van der Waals surface area (Å²) in [7, 11) is 0. The highest BCUT2D eigenvalue weighted by Crippen LogP contribution is 2.31. The summed E-state index contributed by atoms with van der Waals surface area (Å²) < 4.78 is 0. The zero-order valence-corrected chi connectivity index (χ0v) is 11.9. The van der Waals surface area contributed by atoms with E-state index in [1.54, 1.807) is 0 Å². The fourth-order valence-electron chi connectivity index (χ4n) is 3.61. The second-order valence-corrected chi connectivity index (χ2v) is 6.35. The lowest BCUT2D eigenvalue weighted by molar-refractivity contribution is -0.140. The van der Waals surface area contributed by atoms with Crippen LogP contribution >= 0.6 is 0 Å². The Bertz CT molecular complexity index is 292. The van der Waals surface area contributed by atoms with Crippen LogP contribution in [0.1, 0.15) is 58.8 Å². The minimum Gasteiger partial charge on any atom is -0.340 e. The summed E-state index contributed by atoms with van der Waals surface area (Å²) in [6.07, 6.45) is 8.16. The van der Waals surface area contributed by atoms with Crippen molar-refractivity contribution < 1.29 is 4.79 Å². The first-order chi connectivity index (χ1) is 8.59. The van der Waals surface area contributed by atoms with Gasteiger partial charge in [0, 0.05) is 24.5 Å². The summed E-state index contributed by atoms with van der Waals surface area (Å²) in [5.74, 6) is 1.05. The van der Waals surface area contributed by atoms with E-state index in [-0.39, 0.29) is 5.92 Å². The van der Waals surface area contributed by atoms with E-state index in [4.69, 9.17) is 5.73 Å². The van der Waals surface area contributed by atoms with Crippen molar-refractivity contribution in [1.82, 2.24) is 4.90 Å². The van der Waals surface area contributed by atoms with Gasteiger partial charge in [-0.25, -0.2) is 0 Å². The lowest BCUT2D eigenvalue weighted by atomic mass is 9.78. The van der Waals surface area contributed by atoms with Crippen molar-refractivity contribution in [2.45, 2.75) is 70.9 Å². The van der Waals surface area contributed by atoms with Crippen LogP contribution < -0.4 is 5.73 Å². The number of likely N-dealkylation sites (tertiary alicyclic amines) is 1. The Morgan fingerprint density at radius 3 is 2.67 bits per heavy atom. The van der Waals surface area contributed by atoms with E-state index in [0.717, 1.165) is 19.4 Å². The Hall–Kier alpha value is -0.570. The van der Waals surface area contributed by atoms with Crippen molar-refractivity contribution >= 4 is 5.91 Å². The Morgan fingerprint density at radius 1 is 1.22 bits per heavy atom. The molecule has 0 bridgehead atoms. The molecular formula is C15H28N2O. The molecule has 1 aliphatic carbocycles. The zero-order valence-electron chi connectivity index (χ0n) is 11.9. The maximum Gasteiger partial charge on any atom is 0.225 e. The number of nitrogens with zero attached hydrogens (tertiary/aromatic N) is 1. The Balaban J connectivity index is 1.94. The Kier molecular flexibility index (Phi) is 4.66. The maximum atomic E-state index is 12.6. The van der Waals surface area contributed by atoms with Gasteiger partial charge in [0.1, 0.15) is 0 Å². The summed E-state index contributed by atoms with van der Waals surface area (Å²) in [5.41, 5.74) is 6.04. The molecule has 3 nitrogen and oxygen atoms in total. The molecule has 0 spiro atoms. The number of carbonyl (C=O) groups excluding carboxylic acids is 1. The highest BCUT2D eigenvalue weighted by atomic mass is 16.2. The van der Waals surface area contributed by atoms with Crippen LogP contribution in [0.2, 0.25) is 0 Å². The second-order valence-electron chi connectivity index (χ2n) is 6.35. The summed E-state index contributed by atoms with van der Waals surface area (Å²) in [6.45, 7) is 5.27.